The summed E-state index contributed by atoms with van der Waals surface area (Å²) in [6, 6.07) is 3.12. The normalized spacial score (nSPS) is 13.1. The van der Waals surface area contributed by atoms with Gasteiger partial charge in [-0.3, -0.25) is 4.79 Å². The van der Waals surface area contributed by atoms with Crippen molar-refractivity contribution in [3.63, 3.8) is 0 Å². The number of sulfonamides is 1. The standard InChI is InChI=1S/C10H11Br2NO5S/c1-18-10(15)8(5-14)13-19(16,17)9-3-2-6(11)4-7(9)12/h2-4,8,13-14H,5H2,1H3. The molecule has 0 amide bonds. The van der Waals surface area contributed by atoms with E-state index >= 15 is 0 Å². The van der Waals surface area contributed by atoms with Crippen LogP contribution in [0, 0.1) is 0 Å². The Labute approximate surface area is 127 Å². The van der Waals surface area contributed by atoms with Crippen LogP contribution in [0.3, 0.4) is 0 Å². The summed E-state index contributed by atoms with van der Waals surface area (Å²) in [5.41, 5.74) is 0. The predicted molar refractivity (Wildman–Crippen MR) is 75.1 cm³/mol. The van der Waals surface area contributed by atoms with Crippen molar-refractivity contribution < 1.29 is 23.1 Å². The molecule has 0 spiro atoms. The smallest absolute Gasteiger partial charge is 0.326 e. The van der Waals surface area contributed by atoms with Crippen LogP contribution in [0.2, 0.25) is 0 Å². The Bertz CT molecular complexity index is 575. The van der Waals surface area contributed by atoms with Crippen molar-refractivity contribution >= 4 is 47.9 Å². The number of nitrogens with one attached hydrogen (secondary N) is 1. The summed E-state index contributed by atoms with van der Waals surface area (Å²) >= 11 is 6.32. The number of rotatable bonds is 5. The van der Waals surface area contributed by atoms with Gasteiger partial charge < -0.3 is 9.84 Å². The van der Waals surface area contributed by atoms with Gasteiger partial charge in [0.2, 0.25) is 10.0 Å². The lowest BCUT2D eigenvalue weighted by Crippen LogP contribution is -2.44. The minimum atomic E-state index is -3.95. The number of hydrogen-bond acceptors (Lipinski definition) is 5. The lowest BCUT2D eigenvalue weighted by molar-refractivity contribution is -0.143. The van der Waals surface area contributed by atoms with Crippen LogP contribution in [0.1, 0.15) is 0 Å². The Hall–Kier alpha value is -0.480. The average molecular weight is 417 g/mol. The molecule has 1 aromatic carbocycles. The van der Waals surface area contributed by atoms with Gasteiger partial charge in [-0.05, 0) is 34.1 Å². The highest BCUT2D eigenvalue weighted by Gasteiger charge is 2.27. The lowest BCUT2D eigenvalue weighted by Gasteiger charge is -2.15. The molecule has 0 saturated carbocycles. The number of halogens is 2. The third-order valence-electron chi connectivity index (χ3n) is 2.15. The van der Waals surface area contributed by atoms with Crippen LogP contribution < -0.4 is 4.72 Å². The van der Waals surface area contributed by atoms with E-state index < -0.39 is 28.6 Å². The Morgan fingerprint density at radius 2 is 2.11 bits per heavy atom. The summed E-state index contributed by atoms with van der Waals surface area (Å²) in [5.74, 6) is -0.862. The molecule has 9 heteroatoms. The first-order valence-electron chi connectivity index (χ1n) is 4.98. The van der Waals surface area contributed by atoms with E-state index in [0.29, 0.717) is 8.95 Å². The van der Waals surface area contributed by atoms with E-state index in [0.717, 1.165) is 7.11 Å². The summed E-state index contributed by atoms with van der Waals surface area (Å²) < 4.78 is 31.6. The highest BCUT2D eigenvalue weighted by molar-refractivity contribution is 9.11. The van der Waals surface area contributed by atoms with Crippen LogP contribution in [-0.4, -0.2) is 39.3 Å². The highest BCUT2D eigenvalue weighted by Crippen LogP contribution is 2.25. The minimum absolute atomic E-state index is 0.0435. The third kappa shape index (κ3) is 4.25. The van der Waals surface area contributed by atoms with Gasteiger partial charge in [-0.25, -0.2) is 8.42 Å². The van der Waals surface area contributed by atoms with Crippen LogP contribution in [0.5, 0.6) is 0 Å². The van der Waals surface area contributed by atoms with E-state index in [2.05, 4.69) is 41.3 Å². The number of aliphatic hydroxyl groups is 1. The summed E-state index contributed by atoms with van der Waals surface area (Å²) in [4.78, 5) is 11.2. The molecule has 0 aliphatic heterocycles. The Kier molecular flexibility index (Phi) is 5.93. The third-order valence-corrected chi connectivity index (χ3v) is 5.09. The van der Waals surface area contributed by atoms with Crippen molar-refractivity contribution in [1.82, 2.24) is 4.72 Å². The van der Waals surface area contributed by atoms with Crippen LogP contribution in [0.15, 0.2) is 32.0 Å². The maximum atomic E-state index is 12.1. The molecule has 0 fully saturated rings. The second-order valence-corrected chi connectivity index (χ2v) is 6.91. The molecule has 1 aromatic rings. The topological polar surface area (TPSA) is 92.7 Å². The highest BCUT2D eigenvalue weighted by atomic mass is 79.9. The van der Waals surface area contributed by atoms with Gasteiger partial charge in [0.25, 0.3) is 0 Å². The van der Waals surface area contributed by atoms with Gasteiger partial charge in [-0.15, -0.1) is 0 Å². The fourth-order valence-electron chi connectivity index (χ4n) is 1.25. The van der Waals surface area contributed by atoms with Crippen molar-refractivity contribution in [3.8, 4) is 0 Å². The molecule has 0 saturated heterocycles. The molecule has 1 atom stereocenters. The van der Waals surface area contributed by atoms with Gasteiger partial charge >= 0.3 is 5.97 Å². The summed E-state index contributed by atoms with van der Waals surface area (Å²) in [6.45, 7) is -0.694. The van der Waals surface area contributed by atoms with E-state index in [4.69, 9.17) is 5.11 Å². The van der Waals surface area contributed by atoms with Crippen LogP contribution in [0.4, 0.5) is 0 Å². The molecule has 19 heavy (non-hydrogen) atoms. The number of benzene rings is 1. The van der Waals surface area contributed by atoms with Crippen molar-refractivity contribution in [3.05, 3.63) is 27.1 Å². The number of esters is 1. The predicted octanol–water partition coefficient (Wildman–Crippen LogP) is 1.02. The van der Waals surface area contributed by atoms with Gasteiger partial charge in [0.05, 0.1) is 18.6 Å². The zero-order valence-corrected chi connectivity index (χ0v) is 13.7. The van der Waals surface area contributed by atoms with Gasteiger partial charge in [0, 0.05) is 8.95 Å². The zero-order chi connectivity index (χ0) is 14.6. The monoisotopic (exact) mass is 415 g/mol. The molecule has 1 unspecified atom stereocenters. The van der Waals surface area contributed by atoms with Gasteiger partial charge in [-0.2, -0.15) is 4.72 Å². The number of hydrogen-bond donors (Lipinski definition) is 2. The molecular weight excluding hydrogens is 406 g/mol. The first-order valence-corrected chi connectivity index (χ1v) is 8.05. The molecular formula is C10H11Br2NO5S. The molecule has 2 N–H and O–H groups in total. The van der Waals surface area contributed by atoms with Crippen molar-refractivity contribution in [1.29, 1.82) is 0 Å². The fraction of sp³-hybridized carbons (Fsp3) is 0.300. The Morgan fingerprint density at radius 3 is 2.58 bits per heavy atom. The molecule has 0 aliphatic rings. The Balaban J connectivity index is 3.07. The van der Waals surface area contributed by atoms with E-state index in [1.807, 2.05) is 0 Å². The van der Waals surface area contributed by atoms with Crippen molar-refractivity contribution in [2.45, 2.75) is 10.9 Å². The fourth-order valence-corrected chi connectivity index (χ4v) is 4.17. The van der Waals surface area contributed by atoms with Crippen LogP contribution in [0.25, 0.3) is 0 Å². The van der Waals surface area contributed by atoms with Gasteiger partial charge in [0.1, 0.15) is 6.04 Å². The van der Waals surface area contributed by atoms with Crippen molar-refractivity contribution in [2.24, 2.45) is 0 Å². The molecule has 106 valence electrons. The van der Waals surface area contributed by atoms with Gasteiger partial charge in [0.15, 0.2) is 0 Å². The number of ether oxygens (including phenoxy) is 1. The lowest BCUT2D eigenvalue weighted by atomic mass is 10.3. The molecule has 0 aromatic heterocycles. The summed E-state index contributed by atoms with van der Waals surface area (Å²) in [5, 5.41) is 9.00. The van der Waals surface area contributed by atoms with Crippen LogP contribution >= 0.6 is 31.9 Å². The number of aliphatic hydroxyl groups excluding tert-OH is 1. The molecule has 1 rings (SSSR count). The zero-order valence-electron chi connectivity index (χ0n) is 9.76. The second kappa shape index (κ2) is 6.80. The van der Waals surface area contributed by atoms with Crippen molar-refractivity contribution in [2.75, 3.05) is 13.7 Å². The quantitative estimate of drug-likeness (QED) is 0.699. The van der Waals surface area contributed by atoms with E-state index in [9.17, 15) is 13.2 Å². The van der Waals surface area contributed by atoms with Gasteiger partial charge in [-0.1, -0.05) is 15.9 Å². The number of carbonyl (C=O) groups is 1. The molecule has 0 aliphatic carbocycles. The number of methoxy groups -OCH3 is 1. The van der Waals surface area contributed by atoms with E-state index in [-0.39, 0.29) is 4.90 Å². The molecule has 0 heterocycles. The number of carbonyl (C=O) groups excluding carboxylic acids is 1. The minimum Gasteiger partial charge on any atom is -0.468 e. The molecule has 0 bridgehead atoms. The molecule has 0 radical (unpaired) electrons. The summed E-state index contributed by atoms with van der Waals surface area (Å²) in [7, 11) is -2.85. The largest absolute Gasteiger partial charge is 0.468 e. The first kappa shape index (κ1) is 16.6. The molecule has 6 nitrogen and oxygen atoms in total. The van der Waals surface area contributed by atoms with E-state index in [1.165, 1.54) is 6.07 Å². The second-order valence-electron chi connectivity index (χ2n) is 3.45. The van der Waals surface area contributed by atoms with Crippen LogP contribution in [-0.2, 0) is 19.6 Å². The Morgan fingerprint density at radius 1 is 1.47 bits per heavy atom. The maximum Gasteiger partial charge on any atom is 0.326 e. The first-order chi connectivity index (χ1) is 8.81. The van der Waals surface area contributed by atoms with E-state index in [1.54, 1.807) is 12.1 Å². The summed E-state index contributed by atoms with van der Waals surface area (Å²) in [6.07, 6.45) is 0. The maximum absolute atomic E-state index is 12.1. The average Bonchev–Trinajstić information content (AvgIpc) is 2.34. The SMILES string of the molecule is COC(=O)C(CO)NS(=O)(=O)c1ccc(Br)cc1Br.